The van der Waals surface area contributed by atoms with Crippen LogP contribution in [0.15, 0.2) is 0 Å². The standard InChI is InChI=1S/C6H13NO3/c8-5-2-1-3-6(4-5)10-7-9/h5-9H,1-4H2/t5-,6+/m1/s1. The zero-order valence-corrected chi connectivity index (χ0v) is 5.79. The van der Waals surface area contributed by atoms with Crippen LogP contribution in [-0.4, -0.2) is 22.5 Å². The molecule has 3 N–H and O–H groups in total. The van der Waals surface area contributed by atoms with Crippen LogP contribution in [0.3, 0.4) is 0 Å². The summed E-state index contributed by atoms with van der Waals surface area (Å²) >= 11 is 0. The zero-order chi connectivity index (χ0) is 7.40. The van der Waals surface area contributed by atoms with Crippen LogP contribution < -0.4 is 5.64 Å². The minimum Gasteiger partial charge on any atom is -0.393 e. The smallest absolute Gasteiger partial charge is 0.0841 e. The molecule has 0 aromatic heterocycles. The van der Waals surface area contributed by atoms with E-state index in [0.717, 1.165) is 19.3 Å². The molecule has 10 heavy (non-hydrogen) atoms. The summed E-state index contributed by atoms with van der Waals surface area (Å²) in [6.45, 7) is 0. The molecule has 0 aliphatic heterocycles. The van der Waals surface area contributed by atoms with Crippen LogP contribution in [-0.2, 0) is 4.84 Å². The first-order valence-corrected chi connectivity index (χ1v) is 3.55. The lowest BCUT2D eigenvalue weighted by molar-refractivity contribution is -0.177. The second-order valence-electron chi connectivity index (χ2n) is 2.65. The summed E-state index contributed by atoms with van der Waals surface area (Å²) in [5.41, 5.74) is 1.65. The molecule has 60 valence electrons. The van der Waals surface area contributed by atoms with Gasteiger partial charge in [-0.15, -0.1) is 0 Å². The molecule has 0 radical (unpaired) electrons. The van der Waals surface area contributed by atoms with E-state index in [4.69, 9.17) is 15.2 Å². The highest BCUT2D eigenvalue weighted by Gasteiger charge is 2.20. The summed E-state index contributed by atoms with van der Waals surface area (Å²) < 4.78 is 0. The van der Waals surface area contributed by atoms with Crippen molar-refractivity contribution in [3.8, 4) is 0 Å². The third-order valence-corrected chi connectivity index (χ3v) is 1.82. The minimum absolute atomic E-state index is 0.0336. The molecule has 2 atom stereocenters. The summed E-state index contributed by atoms with van der Waals surface area (Å²) in [7, 11) is 0. The highest BCUT2D eigenvalue weighted by molar-refractivity contribution is 4.71. The fourth-order valence-electron chi connectivity index (χ4n) is 1.30. The Balaban J connectivity index is 2.18. The molecule has 0 spiro atoms. The fraction of sp³-hybridized carbons (Fsp3) is 1.00. The first kappa shape index (κ1) is 7.94. The molecule has 0 unspecified atom stereocenters. The summed E-state index contributed by atoms with van der Waals surface area (Å²) in [5, 5.41) is 17.3. The second-order valence-corrected chi connectivity index (χ2v) is 2.65. The van der Waals surface area contributed by atoms with Gasteiger partial charge >= 0.3 is 0 Å². The van der Waals surface area contributed by atoms with E-state index in [2.05, 4.69) is 0 Å². The average Bonchev–Trinajstić information content (AvgIpc) is 1.88. The topological polar surface area (TPSA) is 61.7 Å². The molecule has 0 aromatic carbocycles. The van der Waals surface area contributed by atoms with Crippen LogP contribution in [0, 0.1) is 0 Å². The first-order chi connectivity index (χ1) is 4.83. The van der Waals surface area contributed by atoms with Crippen molar-refractivity contribution in [3.05, 3.63) is 0 Å². The molecule has 0 aromatic rings. The van der Waals surface area contributed by atoms with Crippen molar-refractivity contribution in [3.63, 3.8) is 0 Å². The van der Waals surface area contributed by atoms with Crippen LogP contribution in [0.5, 0.6) is 0 Å². The van der Waals surface area contributed by atoms with Gasteiger partial charge in [-0.2, -0.15) is 0 Å². The maximum Gasteiger partial charge on any atom is 0.0841 e. The number of aliphatic hydroxyl groups is 1. The van der Waals surface area contributed by atoms with Crippen LogP contribution in [0.4, 0.5) is 0 Å². The lowest BCUT2D eigenvalue weighted by atomic mass is 9.95. The maximum atomic E-state index is 9.12. The summed E-state index contributed by atoms with van der Waals surface area (Å²) in [4.78, 5) is 4.70. The quantitative estimate of drug-likeness (QED) is 0.488. The van der Waals surface area contributed by atoms with Gasteiger partial charge in [0.25, 0.3) is 0 Å². The number of nitrogens with one attached hydrogen (secondary N) is 1. The molecule has 4 heteroatoms. The van der Waals surface area contributed by atoms with Crippen molar-refractivity contribution >= 4 is 0 Å². The van der Waals surface area contributed by atoms with Crippen LogP contribution in [0.25, 0.3) is 0 Å². The lowest BCUT2D eigenvalue weighted by Crippen LogP contribution is -2.29. The normalized spacial score (nSPS) is 34.2. The van der Waals surface area contributed by atoms with Crippen molar-refractivity contribution < 1.29 is 15.2 Å². The molecule has 0 saturated heterocycles. The van der Waals surface area contributed by atoms with Crippen LogP contribution in [0.1, 0.15) is 25.7 Å². The van der Waals surface area contributed by atoms with Crippen molar-refractivity contribution in [2.75, 3.05) is 0 Å². The summed E-state index contributed by atoms with van der Waals surface area (Å²) in [6.07, 6.45) is 3.05. The molecule has 1 rings (SSSR count). The fourth-order valence-corrected chi connectivity index (χ4v) is 1.30. The Bertz CT molecular complexity index is 97.0. The van der Waals surface area contributed by atoms with Gasteiger partial charge in [-0.3, -0.25) is 10.0 Å². The molecular weight excluding hydrogens is 134 g/mol. The average molecular weight is 147 g/mol. The minimum atomic E-state index is -0.257. The summed E-state index contributed by atoms with van der Waals surface area (Å²) in [6, 6.07) is 0. The molecule has 1 saturated carbocycles. The van der Waals surface area contributed by atoms with E-state index in [1.54, 1.807) is 5.64 Å². The zero-order valence-electron chi connectivity index (χ0n) is 5.79. The highest BCUT2D eigenvalue weighted by Crippen LogP contribution is 2.19. The Hall–Kier alpha value is -0.160. The molecule has 0 heterocycles. The third-order valence-electron chi connectivity index (χ3n) is 1.82. The van der Waals surface area contributed by atoms with E-state index >= 15 is 0 Å². The highest BCUT2D eigenvalue weighted by atomic mass is 16.8. The Morgan fingerprint density at radius 2 is 2.20 bits per heavy atom. The van der Waals surface area contributed by atoms with Gasteiger partial charge in [0.05, 0.1) is 12.2 Å². The largest absolute Gasteiger partial charge is 0.393 e. The maximum absolute atomic E-state index is 9.12. The molecule has 0 bridgehead atoms. The Labute approximate surface area is 59.7 Å². The Morgan fingerprint density at radius 3 is 2.80 bits per heavy atom. The SMILES string of the molecule is ONO[C@H]1CCC[C@@H](O)C1. The third kappa shape index (κ3) is 2.22. The molecule has 1 aliphatic carbocycles. The molecule has 4 nitrogen and oxygen atoms in total. The van der Waals surface area contributed by atoms with Gasteiger partial charge in [-0.05, 0) is 19.3 Å². The van der Waals surface area contributed by atoms with Crippen molar-refractivity contribution in [1.29, 1.82) is 0 Å². The predicted molar refractivity (Wildman–Crippen MR) is 34.3 cm³/mol. The number of aliphatic hydroxyl groups excluding tert-OH is 1. The Kier molecular flexibility index (Phi) is 3.08. The number of hydrogen-bond acceptors (Lipinski definition) is 4. The van der Waals surface area contributed by atoms with E-state index in [9.17, 15) is 0 Å². The van der Waals surface area contributed by atoms with Gasteiger partial charge in [-0.25, -0.2) is 0 Å². The summed E-state index contributed by atoms with van der Waals surface area (Å²) in [5.74, 6) is 0. The second kappa shape index (κ2) is 3.88. The van der Waals surface area contributed by atoms with Gasteiger partial charge in [0.1, 0.15) is 0 Å². The van der Waals surface area contributed by atoms with E-state index in [1.807, 2.05) is 0 Å². The van der Waals surface area contributed by atoms with Gasteiger partial charge in [0, 0.05) is 6.42 Å². The van der Waals surface area contributed by atoms with Gasteiger partial charge in [-0.1, -0.05) is 5.64 Å². The van der Waals surface area contributed by atoms with E-state index in [-0.39, 0.29) is 12.2 Å². The molecule has 1 aliphatic rings. The van der Waals surface area contributed by atoms with Crippen molar-refractivity contribution in [1.82, 2.24) is 5.64 Å². The van der Waals surface area contributed by atoms with Crippen molar-refractivity contribution in [2.45, 2.75) is 37.9 Å². The van der Waals surface area contributed by atoms with Gasteiger partial charge in [0.2, 0.25) is 0 Å². The first-order valence-electron chi connectivity index (χ1n) is 3.55. The van der Waals surface area contributed by atoms with Crippen molar-refractivity contribution in [2.24, 2.45) is 0 Å². The number of hydrogen-bond donors (Lipinski definition) is 3. The number of rotatable bonds is 2. The Morgan fingerprint density at radius 1 is 1.40 bits per heavy atom. The van der Waals surface area contributed by atoms with Crippen LogP contribution in [0.2, 0.25) is 0 Å². The van der Waals surface area contributed by atoms with Gasteiger partial charge < -0.3 is 5.11 Å². The lowest BCUT2D eigenvalue weighted by Gasteiger charge is -2.24. The van der Waals surface area contributed by atoms with Crippen LogP contribution >= 0.6 is 0 Å². The predicted octanol–water partition coefficient (Wildman–Crippen LogP) is 0.200. The monoisotopic (exact) mass is 147 g/mol. The van der Waals surface area contributed by atoms with E-state index in [0.29, 0.717) is 6.42 Å². The molecule has 1 fully saturated rings. The van der Waals surface area contributed by atoms with E-state index in [1.165, 1.54) is 0 Å². The molecular formula is C6H13NO3. The van der Waals surface area contributed by atoms with E-state index < -0.39 is 0 Å². The van der Waals surface area contributed by atoms with Gasteiger partial charge in [0.15, 0.2) is 0 Å². The molecule has 0 amide bonds.